The molecule has 1 aliphatic carbocycles. The number of carbonyl (C=O) groups is 2. The Balaban J connectivity index is 2.00. The summed E-state index contributed by atoms with van der Waals surface area (Å²) in [7, 11) is 1.60. The molecule has 0 aromatic carbocycles. The highest BCUT2D eigenvalue weighted by Gasteiger charge is 2.34. The summed E-state index contributed by atoms with van der Waals surface area (Å²) in [6.45, 7) is 5.61. The number of aliphatic hydroxyl groups excluding tert-OH is 1. The quantitative estimate of drug-likeness (QED) is 0.332. The third-order valence-corrected chi connectivity index (χ3v) is 4.21. The first-order chi connectivity index (χ1) is 11.4. The number of amides is 1. The Hall–Kier alpha value is -1.02. The highest BCUT2D eigenvalue weighted by molar-refractivity contribution is 5.80. The van der Waals surface area contributed by atoms with Gasteiger partial charge in [0.1, 0.15) is 12.0 Å². The van der Waals surface area contributed by atoms with Crippen LogP contribution >= 0.6 is 0 Å². The van der Waals surface area contributed by atoms with Crippen molar-refractivity contribution in [2.45, 2.75) is 51.8 Å². The van der Waals surface area contributed by atoms with Gasteiger partial charge in [0, 0.05) is 44.4 Å². The Morgan fingerprint density at radius 2 is 1.92 bits per heavy atom. The zero-order valence-electron chi connectivity index (χ0n) is 15.0. The van der Waals surface area contributed by atoms with Gasteiger partial charge in [-0.15, -0.1) is 0 Å². The van der Waals surface area contributed by atoms with Gasteiger partial charge in [0.15, 0.2) is 0 Å². The van der Waals surface area contributed by atoms with E-state index in [9.17, 15) is 14.7 Å². The van der Waals surface area contributed by atoms with Crippen molar-refractivity contribution in [1.82, 2.24) is 10.6 Å². The summed E-state index contributed by atoms with van der Waals surface area (Å²) in [5.74, 6) is 0.305. The van der Waals surface area contributed by atoms with Gasteiger partial charge in [-0.25, -0.2) is 0 Å². The zero-order chi connectivity index (χ0) is 17.9. The van der Waals surface area contributed by atoms with Crippen LogP contribution in [0.3, 0.4) is 0 Å². The Kier molecular flexibility index (Phi) is 10.1. The Bertz CT molecular complexity index is 383. The monoisotopic (exact) mass is 344 g/mol. The van der Waals surface area contributed by atoms with Gasteiger partial charge in [-0.3, -0.25) is 14.9 Å². The third kappa shape index (κ3) is 8.19. The minimum absolute atomic E-state index is 0.0184. The molecule has 0 bridgehead atoms. The molecule has 1 amide bonds. The number of carbonyl (C=O) groups excluding carboxylic acids is 2. The number of ether oxygens (including phenoxy) is 2. The molecule has 1 atom stereocenters. The Labute approximate surface area is 144 Å². The second-order valence-electron chi connectivity index (χ2n) is 6.60. The number of ketones is 1. The van der Waals surface area contributed by atoms with Crippen LogP contribution < -0.4 is 10.6 Å². The molecule has 0 heterocycles. The van der Waals surface area contributed by atoms with Gasteiger partial charge >= 0.3 is 0 Å². The average molecular weight is 344 g/mol. The lowest BCUT2D eigenvalue weighted by atomic mass is 9.79. The molecule has 0 aliphatic heterocycles. The van der Waals surface area contributed by atoms with Crippen LogP contribution in [0.5, 0.6) is 0 Å². The summed E-state index contributed by atoms with van der Waals surface area (Å²) in [6, 6.07) is 0.167. The second-order valence-corrected chi connectivity index (χ2v) is 6.60. The zero-order valence-corrected chi connectivity index (χ0v) is 15.0. The van der Waals surface area contributed by atoms with Gasteiger partial charge in [0.25, 0.3) is 0 Å². The van der Waals surface area contributed by atoms with Crippen LogP contribution in [0.4, 0.5) is 0 Å². The van der Waals surface area contributed by atoms with Gasteiger partial charge in [0.2, 0.25) is 5.91 Å². The number of aliphatic hydroxyl groups is 1. The molecule has 0 aromatic heterocycles. The largest absolute Gasteiger partial charge is 0.383 e. The second kappa shape index (κ2) is 11.5. The predicted molar refractivity (Wildman–Crippen MR) is 90.4 cm³/mol. The standard InChI is InChI=1S/C17H32N2O5/c1-12(2)15(20)4-7-24-8-5-16(21)19-14-10-13(11-14)17(22)18-6-9-23-3/h12-14,16,19,21H,4-11H2,1-3H3,(H,18,22). The van der Waals surface area contributed by atoms with E-state index in [1.54, 1.807) is 7.11 Å². The molecule has 140 valence electrons. The van der Waals surface area contributed by atoms with E-state index in [2.05, 4.69) is 10.6 Å². The maximum Gasteiger partial charge on any atom is 0.223 e. The van der Waals surface area contributed by atoms with Gasteiger partial charge in [-0.1, -0.05) is 13.8 Å². The van der Waals surface area contributed by atoms with Gasteiger partial charge in [-0.05, 0) is 12.8 Å². The van der Waals surface area contributed by atoms with E-state index in [1.165, 1.54) is 0 Å². The van der Waals surface area contributed by atoms with E-state index in [4.69, 9.17) is 9.47 Å². The molecule has 1 rings (SSSR count). The smallest absolute Gasteiger partial charge is 0.223 e. The van der Waals surface area contributed by atoms with E-state index in [1.807, 2.05) is 13.8 Å². The number of nitrogens with one attached hydrogen (secondary N) is 2. The lowest BCUT2D eigenvalue weighted by molar-refractivity contribution is -0.129. The van der Waals surface area contributed by atoms with Gasteiger partial charge in [0.05, 0.1) is 19.8 Å². The lowest BCUT2D eigenvalue weighted by Gasteiger charge is -2.36. The topological polar surface area (TPSA) is 96.9 Å². The van der Waals surface area contributed by atoms with Crippen LogP contribution in [0.2, 0.25) is 0 Å². The molecular formula is C17H32N2O5. The van der Waals surface area contributed by atoms with Crippen LogP contribution in [0.1, 0.15) is 39.5 Å². The highest BCUT2D eigenvalue weighted by atomic mass is 16.5. The summed E-state index contributed by atoms with van der Waals surface area (Å²) in [4.78, 5) is 23.2. The molecule has 1 fully saturated rings. The van der Waals surface area contributed by atoms with Crippen molar-refractivity contribution in [2.75, 3.05) is 33.5 Å². The summed E-state index contributed by atoms with van der Waals surface area (Å²) >= 11 is 0. The van der Waals surface area contributed by atoms with Gasteiger partial charge < -0.3 is 19.9 Å². The fourth-order valence-electron chi connectivity index (χ4n) is 2.50. The SMILES string of the molecule is COCCNC(=O)C1CC(NC(O)CCOCCC(=O)C(C)C)C1. The van der Waals surface area contributed by atoms with E-state index in [0.717, 1.165) is 12.8 Å². The minimum atomic E-state index is -0.645. The fraction of sp³-hybridized carbons (Fsp3) is 0.882. The van der Waals surface area contributed by atoms with Gasteiger partial charge in [-0.2, -0.15) is 0 Å². The van der Waals surface area contributed by atoms with Crippen molar-refractivity contribution >= 4 is 11.7 Å². The molecule has 1 aliphatic rings. The molecular weight excluding hydrogens is 312 g/mol. The molecule has 0 saturated heterocycles. The number of Topliss-reactive ketones (excluding diaryl/α,β-unsaturated/α-hetero) is 1. The number of methoxy groups -OCH3 is 1. The van der Waals surface area contributed by atoms with Crippen molar-refractivity contribution in [3.05, 3.63) is 0 Å². The number of hydrogen-bond donors (Lipinski definition) is 3. The van der Waals surface area contributed by atoms with Crippen molar-refractivity contribution in [3.8, 4) is 0 Å². The Morgan fingerprint density at radius 3 is 2.54 bits per heavy atom. The summed E-state index contributed by atoms with van der Waals surface area (Å²) in [5.41, 5.74) is 0. The maximum absolute atomic E-state index is 11.8. The van der Waals surface area contributed by atoms with Crippen LogP contribution in [0.25, 0.3) is 0 Å². The van der Waals surface area contributed by atoms with Crippen molar-refractivity contribution in [3.63, 3.8) is 0 Å². The molecule has 1 unspecified atom stereocenters. The molecule has 7 heteroatoms. The number of rotatable bonds is 13. The van der Waals surface area contributed by atoms with Crippen LogP contribution in [0, 0.1) is 11.8 Å². The van der Waals surface area contributed by atoms with Crippen LogP contribution in [0.15, 0.2) is 0 Å². The summed E-state index contributed by atoms with van der Waals surface area (Å²) in [6.07, 6.45) is 1.72. The number of hydrogen-bond acceptors (Lipinski definition) is 6. The summed E-state index contributed by atoms with van der Waals surface area (Å²) < 4.78 is 10.3. The third-order valence-electron chi connectivity index (χ3n) is 4.21. The van der Waals surface area contributed by atoms with Crippen molar-refractivity contribution < 1.29 is 24.2 Å². The lowest BCUT2D eigenvalue weighted by Crippen LogP contribution is -2.51. The van der Waals surface area contributed by atoms with E-state index >= 15 is 0 Å². The molecule has 7 nitrogen and oxygen atoms in total. The Morgan fingerprint density at radius 1 is 1.21 bits per heavy atom. The molecule has 0 aromatic rings. The fourth-order valence-corrected chi connectivity index (χ4v) is 2.50. The molecule has 24 heavy (non-hydrogen) atoms. The maximum atomic E-state index is 11.8. The molecule has 3 N–H and O–H groups in total. The summed E-state index contributed by atoms with van der Waals surface area (Å²) in [5, 5.41) is 15.8. The van der Waals surface area contributed by atoms with Crippen molar-refractivity contribution in [1.29, 1.82) is 0 Å². The minimum Gasteiger partial charge on any atom is -0.383 e. The molecule has 1 saturated carbocycles. The van der Waals surface area contributed by atoms with Crippen LogP contribution in [-0.2, 0) is 19.1 Å². The van der Waals surface area contributed by atoms with Crippen LogP contribution in [-0.4, -0.2) is 62.5 Å². The predicted octanol–water partition coefficient (Wildman–Crippen LogP) is 0.458. The first-order valence-electron chi connectivity index (χ1n) is 8.75. The van der Waals surface area contributed by atoms with E-state index in [-0.39, 0.29) is 29.6 Å². The first-order valence-corrected chi connectivity index (χ1v) is 8.75. The highest BCUT2D eigenvalue weighted by Crippen LogP contribution is 2.27. The normalized spacial score (nSPS) is 21.4. The molecule has 0 spiro atoms. The average Bonchev–Trinajstić information content (AvgIpc) is 2.49. The van der Waals surface area contributed by atoms with E-state index in [0.29, 0.717) is 39.2 Å². The first kappa shape index (κ1) is 21.0. The van der Waals surface area contributed by atoms with Crippen molar-refractivity contribution in [2.24, 2.45) is 11.8 Å². The van der Waals surface area contributed by atoms with E-state index < -0.39 is 6.23 Å². The molecule has 0 radical (unpaired) electrons.